The molecule has 112 valence electrons. The van der Waals surface area contributed by atoms with Crippen LogP contribution in [-0.2, 0) is 0 Å². The molecule has 0 aliphatic carbocycles. The second kappa shape index (κ2) is 5.13. The van der Waals surface area contributed by atoms with Crippen LogP contribution >= 0.6 is 11.8 Å². The summed E-state index contributed by atoms with van der Waals surface area (Å²) in [5.41, 5.74) is 3.51. The van der Waals surface area contributed by atoms with Crippen LogP contribution in [0.4, 0.5) is 5.82 Å². The van der Waals surface area contributed by atoms with Crippen LogP contribution in [0.25, 0.3) is 16.1 Å². The molecule has 3 aromatic rings. The highest BCUT2D eigenvalue weighted by atomic mass is 32.2. The number of thioether (sulfide) groups is 1. The number of aromatic nitrogens is 5. The molecule has 0 fully saturated rings. The molecule has 1 aliphatic rings. The standard InChI is InChI=1S/C14H14N6OS/c1-8-11(9(2)21-19-8)10-5-20(3-4-22-10)14-12-13(16-6-15-12)17-7-18-14/h5-7H,3-4H2,1-2H3,(H,15,16,17,18). The van der Waals surface area contributed by atoms with Gasteiger partial charge in [0.05, 0.1) is 17.6 Å². The van der Waals surface area contributed by atoms with E-state index in [1.807, 2.05) is 13.8 Å². The lowest BCUT2D eigenvalue weighted by molar-refractivity contribution is 0.393. The van der Waals surface area contributed by atoms with Gasteiger partial charge in [0.1, 0.15) is 12.1 Å². The third-order valence-electron chi connectivity index (χ3n) is 3.61. The van der Waals surface area contributed by atoms with Gasteiger partial charge in [-0.2, -0.15) is 0 Å². The number of fused-ring (bicyclic) bond motifs is 1. The number of nitrogens with one attached hydrogen (secondary N) is 1. The minimum absolute atomic E-state index is 0.746. The van der Waals surface area contributed by atoms with Crippen LogP contribution in [0.5, 0.6) is 0 Å². The normalized spacial score (nSPS) is 15.4. The van der Waals surface area contributed by atoms with E-state index in [9.17, 15) is 0 Å². The number of nitrogens with zero attached hydrogens (tertiary/aromatic N) is 5. The van der Waals surface area contributed by atoms with Gasteiger partial charge in [-0.3, -0.25) is 0 Å². The van der Waals surface area contributed by atoms with Crippen molar-refractivity contribution < 1.29 is 4.52 Å². The van der Waals surface area contributed by atoms with Gasteiger partial charge in [0.15, 0.2) is 17.0 Å². The Labute approximate surface area is 130 Å². The molecule has 0 bridgehead atoms. The molecule has 7 nitrogen and oxygen atoms in total. The molecule has 0 atom stereocenters. The Balaban J connectivity index is 1.80. The Morgan fingerprint density at radius 3 is 3.00 bits per heavy atom. The first kappa shape index (κ1) is 13.3. The maximum Gasteiger partial charge on any atom is 0.164 e. The summed E-state index contributed by atoms with van der Waals surface area (Å²) in [5, 5.41) is 4.04. The highest BCUT2D eigenvalue weighted by Gasteiger charge is 2.22. The van der Waals surface area contributed by atoms with Gasteiger partial charge in [0.2, 0.25) is 0 Å². The molecule has 0 aromatic carbocycles. The molecule has 1 aliphatic heterocycles. The first-order valence-corrected chi connectivity index (χ1v) is 7.91. The monoisotopic (exact) mass is 314 g/mol. The minimum atomic E-state index is 0.746. The average molecular weight is 314 g/mol. The fraction of sp³-hybridized carbons (Fsp3) is 0.286. The minimum Gasteiger partial charge on any atom is -0.361 e. The first-order chi connectivity index (χ1) is 10.7. The summed E-state index contributed by atoms with van der Waals surface area (Å²) in [6, 6.07) is 0. The number of rotatable bonds is 2. The molecule has 0 saturated heterocycles. The van der Waals surface area contributed by atoms with E-state index in [4.69, 9.17) is 4.52 Å². The van der Waals surface area contributed by atoms with E-state index in [1.165, 1.54) is 0 Å². The van der Waals surface area contributed by atoms with Crippen molar-refractivity contribution in [3.05, 3.63) is 35.9 Å². The summed E-state index contributed by atoms with van der Waals surface area (Å²) in [6.07, 6.45) is 5.29. The number of imidazole rings is 1. The molecule has 22 heavy (non-hydrogen) atoms. The predicted molar refractivity (Wildman–Crippen MR) is 85.4 cm³/mol. The fourth-order valence-corrected chi connectivity index (χ4v) is 3.74. The number of aromatic amines is 1. The molecule has 0 amide bonds. The maximum atomic E-state index is 5.28. The Morgan fingerprint density at radius 1 is 1.27 bits per heavy atom. The van der Waals surface area contributed by atoms with E-state index in [1.54, 1.807) is 24.4 Å². The zero-order chi connectivity index (χ0) is 15.1. The number of hydrogen-bond donors (Lipinski definition) is 1. The smallest absolute Gasteiger partial charge is 0.164 e. The molecule has 0 saturated carbocycles. The average Bonchev–Trinajstić information content (AvgIpc) is 3.13. The molecular formula is C14H14N6OS. The maximum absolute atomic E-state index is 5.28. The molecule has 0 spiro atoms. The molecule has 3 aromatic heterocycles. The highest BCUT2D eigenvalue weighted by molar-refractivity contribution is 8.08. The summed E-state index contributed by atoms with van der Waals surface area (Å²) < 4.78 is 5.28. The second-order valence-corrected chi connectivity index (χ2v) is 6.17. The van der Waals surface area contributed by atoms with Crippen molar-refractivity contribution in [3.63, 3.8) is 0 Å². The van der Waals surface area contributed by atoms with Crippen LogP contribution in [0.1, 0.15) is 17.0 Å². The largest absolute Gasteiger partial charge is 0.361 e. The summed E-state index contributed by atoms with van der Waals surface area (Å²) >= 11 is 1.80. The summed E-state index contributed by atoms with van der Waals surface area (Å²) in [7, 11) is 0. The molecule has 1 N–H and O–H groups in total. The Morgan fingerprint density at radius 2 is 2.18 bits per heavy atom. The van der Waals surface area contributed by atoms with Crippen molar-refractivity contribution >= 4 is 33.6 Å². The molecule has 4 heterocycles. The lowest BCUT2D eigenvalue weighted by atomic mass is 10.2. The van der Waals surface area contributed by atoms with Crippen molar-refractivity contribution in [2.45, 2.75) is 13.8 Å². The lowest BCUT2D eigenvalue weighted by Gasteiger charge is -2.25. The Bertz CT molecular complexity index is 848. The number of anilines is 1. The third kappa shape index (κ3) is 2.07. The Hall–Kier alpha value is -2.35. The zero-order valence-corrected chi connectivity index (χ0v) is 13.0. The van der Waals surface area contributed by atoms with Gasteiger partial charge in [-0.15, -0.1) is 11.8 Å². The second-order valence-electron chi connectivity index (χ2n) is 5.03. The topological polar surface area (TPSA) is 83.7 Å². The third-order valence-corrected chi connectivity index (χ3v) is 4.62. The van der Waals surface area contributed by atoms with E-state index in [0.29, 0.717) is 0 Å². The quantitative estimate of drug-likeness (QED) is 0.778. The molecule has 0 radical (unpaired) electrons. The summed E-state index contributed by atoms with van der Waals surface area (Å²) in [5.74, 6) is 2.62. The summed E-state index contributed by atoms with van der Waals surface area (Å²) in [6.45, 7) is 4.77. The molecule has 0 unspecified atom stereocenters. The van der Waals surface area contributed by atoms with E-state index < -0.39 is 0 Å². The van der Waals surface area contributed by atoms with Gasteiger partial charge in [0, 0.05) is 23.4 Å². The van der Waals surface area contributed by atoms with Crippen molar-refractivity contribution in [2.75, 3.05) is 17.2 Å². The molecular weight excluding hydrogens is 300 g/mol. The Kier molecular flexibility index (Phi) is 3.11. The van der Waals surface area contributed by atoms with Gasteiger partial charge < -0.3 is 14.4 Å². The fourth-order valence-electron chi connectivity index (χ4n) is 2.60. The van der Waals surface area contributed by atoms with E-state index in [0.717, 1.165) is 51.2 Å². The number of hydrogen-bond acceptors (Lipinski definition) is 7. The van der Waals surface area contributed by atoms with Crippen LogP contribution in [0, 0.1) is 13.8 Å². The van der Waals surface area contributed by atoms with Gasteiger partial charge in [-0.05, 0) is 13.8 Å². The molecule has 8 heteroatoms. The van der Waals surface area contributed by atoms with Crippen molar-refractivity contribution in [1.82, 2.24) is 25.1 Å². The highest BCUT2D eigenvalue weighted by Crippen LogP contribution is 2.36. The molecule has 4 rings (SSSR count). The van der Waals surface area contributed by atoms with E-state index in [-0.39, 0.29) is 0 Å². The van der Waals surface area contributed by atoms with Crippen LogP contribution in [0.2, 0.25) is 0 Å². The van der Waals surface area contributed by atoms with Gasteiger partial charge >= 0.3 is 0 Å². The SMILES string of the molecule is Cc1noc(C)c1C1=CN(c2ncnc3[nH]cnc23)CCS1. The van der Waals surface area contributed by atoms with E-state index in [2.05, 4.69) is 36.2 Å². The summed E-state index contributed by atoms with van der Waals surface area (Å²) in [4.78, 5) is 19.2. The lowest BCUT2D eigenvalue weighted by Crippen LogP contribution is -2.24. The van der Waals surface area contributed by atoms with Crippen LogP contribution in [0.15, 0.2) is 23.4 Å². The van der Waals surface area contributed by atoms with Crippen molar-refractivity contribution in [2.24, 2.45) is 0 Å². The predicted octanol–water partition coefficient (Wildman–Crippen LogP) is 2.51. The van der Waals surface area contributed by atoms with Gasteiger partial charge in [0.25, 0.3) is 0 Å². The number of H-pyrrole nitrogens is 1. The first-order valence-electron chi connectivity index (χ1n) is 6.92. The van der Waals surface area contributed by atoms with Gasteiger partial charge in [-0.25, -0.2) is 15.0 Å². The van der Waals surface area contributed by atoms with Gasteiger partial charge in [-0.1, -0.05) is 5.16 Å². The van der Waals surface area contributed by atoms with Crippen LogP contribution in [-0.4, -0.2) is 37.4 Å². The van der Waals surface area contributed by atoms with Crippen LogP contribution in [0.3, 0.4) is 0 Å². The van der Waals surface area contributed by atoms with E-state index >= 15 is 0 Å². The zero-order valence-electron chi connectivity index (χ0n) is 12.2. The van der Waals surface area contributed by atoms with Crippen molar-refractivity contribution in [1.29, 1.82) is 0 Å². The van der Waals surface area contributed by atoms with Crippen molar-refractivity contribution in [3.8, 4) is 0 Å². The number of aryl methyl sites for hydroxylation is 2. The van der Waals surface area contributed by atoms with Crippen LogP contribution < -0.4 is 4.90 Å².